The van der Waals surface area contributed by atoms with Crippen LogP contribution in [0.5, 0.6) is 0 Å². The molecule has 0 saturated carbocycles. The fraction of sp³-hybridized carbons (Fsp3) is 0.538. The molecule has 3 N–H and O–H groups in total. The fourth-order valence-electron chi connectivity index (χ4n) is 3.13. The van der Waals surface area contributed by atoms with Crippen molar-refractivity contribution >= 4 is 20.2 Å². The maximum absolute atomic E-state index is 10.5. The summed E-state index contributed by atoms with van der Waals surface area (Å²) in [7, 11) is -8.04. The van der Waals surface area contributed by atoms with Gasteiger partial charge in [-0.2, -0.15) is 16.8 Å². The second-order valence-electron chi connectivity index (χ2n) is 8.79. The summed E-state index contributed by atoms with van der Waals surface area (Å²) in [5.74, 6) is 0. The van der Waals surface area contributed by atoms with Crippen LogP contribution in [-0.4, -0.2) is 37.8 Å². The molecule has 2 aromatic rings. The minimum absolute atomic E-state index is 0.0666. The minimum atomic E-state index is -4.02. The number of aryl methyl sites for hydroxylation is 2. The average molecular weight is 595 g/mol. The van der Waals surface area contributed by atoms with Gasteiger partial charge in [0, 0.05) is 0 Å². The summed E-state index contributed by atoms with van der Waals surface area (Å²) in [5.41, 5.74) is 1.91. The first kappa shape index (κ1) is 37.1. The molecule has 0 atom stereocenters. The van der Waals surface area contributed by atoms with Crippen molar-refractivity contribution in [3.63, 3.8) is 0 Å². The van der Waals surface area contributed by atoms with Gasteiger partial charge in [0.1, 0.15) is 0 Å². The van der Waals surface area contributed by atoms with Gasteiger partial charge >= 0.3 is 0 Å². The first-order chi connectivity index (χ1) is 18.4. The zero-order chi connectivity index (χ0) is 29.6. The van der Waals surface area contributed by atoms with E-state index in [1.165, 1.54) is 75.6 Å². The molecular weight excluding hydrogens is 552 g/mol. The molecule has 0 radical (unpaired) electrons. The van der Waals surface area contributed by atoms with E-state index in [0.29, 0.717) is 6.61 Å². The Morgan fingerprint density at radius 3 is 1.28 bits per heavy atom. The Hall–Kier alpha value is -1.94. The van der Waals surface area contributed by atoms with Gasteiger partial charge in [0.05, 0.1) is 16.4 Å². The van der Waals surface area contributed by atoms with Gasteiger partial charge in [0.2, 0.25) is 0 Å². The third-order valence-corrected chi connectivity index (χ3v) is 7.06. The molecule has 0 bridgehead atoms. The van der Waals surface area contributed by atoms with E-state index in [0.717, 1.165) is 24.0 Å². The Bertz CT molecular complexity index is 982. The minimum Gasteiger partial charge on any atom is -0.282 e. The Labute approximate surface area is 232 Å². The topological polar surface area (TPSA) is 166 Å². The van der Waals surface area contributed by atoms with Gasteiger partial charge in [0.25, 0.3) is 20.2 Å². The highest BCUT2D eigenvalue weighted by atomic mass is 32.2. The van der Waals surface area contributed by atoms with Crippen molar-refractivity contribution in [2.45, 2.75) is 94.8 Å². The quantitative estimate of drug-likeness (QED) is 0.0821. The highest BCUT2D eigenvalue weighted by Crippen LogP contribution is 2.11. The Balaban J connectivity index is 0.000000575. The van der Waals surface area contributed by atoms with Gasteiger partial charge in [-0.25, -0.2) is 10.1 Å². The van der Waals surface area contributed by atoms with Crippen LogP contribution in [0.1, 0.15) is 82.3 Å². The van der Waals surface area contributed by atoms with Crippen LogP contribution in [0.15, 0.2) is 58.3 Å². The van der Waals surface area contributed by atoms with Crippen molar-refractivity contribution in [3.8, 4) is 0 Å². The summed E-state index contributed by atoms with van der Waals surface area (Å²) in [6.07, 6.45) is 12.7. The molecule has 0 spiro atoms. The monoisotopic (exact) mass is 594 g/mol. The predicted molar refractivity (Wildman–Crippen MR) is 146 cm³/mol. The molecular formula is C26H42O11S2. The van der Waals surface area contributed by atoms with E-state index in [1.807, 2.05) is 13.8 Å². The molecule has 0 unspecified atom stereocenters. The van der Waals surface area contributed by atoms with Crippen LogP contribution in [0.2, 0.25) is 0 Å². The van der Waals surface area contributed by atoms with E-state index in [1.54, 1.807) is 24.3 Å². The lowest BCUT2D eigenvalue weighted by Crippen LogP contribution is -1.97. The van der Waals surface area contributed by atoms with Crippen LogP contribution >= 0.6 is 0 Å². The number of hydrogen-bond donors (Lipinski definition) is 3. The van der Waals surface area contributed by atoms with Crippen LogP contribution in [0.3, 0.4) is 0 Å². The molecule has 0 amide bonds. The highest BCUT2D eigenvalue weighted by Gasteiger charge is 2.07. The normalized spacial score (nSPS) is 11.2. The lowest BCUT2D eigenvalue weighted by Gasteiger charge is -2.02. The van der Waals surface area contributed by atoms with E-state index in [2.05, 4.69) is 26.9 Å². The van der Waals surface area contributed by atoms with Crippen LogP contribution < -0.4 is 0 Å². The molecule has 0 aliphatic carbocycles. The Morgan fingerprint density at radius 1 is 0.590 bits per heavy atom. The zero-order valence-electron chi connectivity index (χ0n) is 22.8. The number of unbranched alkanes of at least 4 members (excludes halogenated alkanes) is 9. The lowest BCUT2D eigenvalue weighted by molar-refractivity contribution is -0.702. The SMILES string of the molecule is CCCCCCCCCCCCOOOOO.Cc1ccc(S(=O)(=O)O)cc1.Cc1ccc(S(=O)(=O)O)cc1. The van der Waals surface area contributed by atoms with Crippen molar-refractivity contribution in [1.29, 1.82) is 0 Å². The molecule has 39 heavy (non-hydrogen) atoms. The molecule has 2 rings (SSSR count). The molecule has 11 nitrogen and oxygen atoms in total. The lowest BCUT2D eigenvalue weighted by atomic mass is 10.1. The number of rotatable bonds is 16. The van der Waals surface area contributed by atoms with E-state index in [4.69, 9.17) is 14.4 Å². The first-order valence-corrected chi connectivity index (χ1v) is 15.6. The highest BCUT2D eigenvalue weighted by molar-refractivity contribution is 7.86. The molecule has 0 fully saturated rings. The van der Waals surface area contributed by atoms with Crippen molar-refractivity contribution < 1.29 is 51.2 Å². The molecule has 2 aromatic carbocycles. The van der Waals surface area contributed by atoms with Crippen molar-refractivity contribution in [2.75, 3.05) is 6.61 Å². The third-order valence-electron chi connectivity index (χ3n) is 5.33. The summed E-state index contributed by atoms with van der Waals surface area (Å²) in [4.78, 5) is 4.41. The van der Waals surface area contributed by atoms with Crippen LogP contribution in [0.4, 0.5) is 0 Å². The maximum atomic E-state index is 10.5. The van der Waals surface area contributed by atoms with Crippen molar-refractivity contribution in [1.82, 2.24) is 0 Å². The smallest absolute Gasteiger partial charge is 0.282 e. The molecule has 0 saturated heterocycles. The van der Waals surface area contributed by atoms with Gasteiger partial charge < -0.3 is 0 Å². The summed E-state index contributed by atoms with van der Waals surface area (Å²) in [5, 5.41) is 18.6. The molecule has 0 aliphatic rings. The van der Waals surface area contributed by atoms with Gasteiger partial charge in [0.15, 0.2) is 0 Å². The van der Waals surface area contributed by atoms with Gasteiger partial charge in [-0.3, -0.25) is 9.11 Å². The van der Waals surface area contributed by atoms with E-state index in [-0.39, 0.29) is 9.79 Å². The van der Waals surface area contributed by atoms with Crippen LogP contribution in [0, 0.1) is 13.8 Å². The van der Waals surface area contributed by atoms with Gasteiger partial charge in [-0.15, -0.1) is 0 Å². The van der Waals surface area contributed by atoms with Crippen LogP contribution in [-0.2, 0) is 40.2 Å². The number of hydrogen-bond acceptors (Lipinski definition) is 9. The summed E-state index contributed by atoms with van der Waals surface area (Å²) in [6.45, 7) is 6.37. The second-order valence-corrected chi connectivity index (χ2v) is 11.6. The molecule has 0 heterocycles. The number of benzene rings is 2. The summed E-state index contributed by atoms with van der Waals surface area (Å²) in [6, 6.07) is 12.0. The van der Waals surface area contributed by atoms with Crippen LogP contribution in [0.25, 0.3) is 0 Å². The standard InChI is InChI=1S/C12H26O5.2C7H8O3S/c1-2-3-4-5-6-7-8-9-10-11-12-14-16-17-15-13;2*1-6-2-4-7(5-3-6)11(8,9)10/h13H,2-12H2,1H3;2*2-5H,1H3,(H,8,9,10). The third kappa shape index (κ3) is 21.5. The van der Waals surface area contributed by atoms with E-state index >= 15 is 0 Å². The van der Waals surface area contributed by atoms with Crippen molar-refractivity contribution in [2.24, 2.45) is 0 Å². The van der Waals surface area contributed by atoms with E-state index in [9.17, 15) is 16.8 Å². The molecule has 13 heteroatoms. The largest absolute Gasteiger partial charge is 0.294 e. The molecule has 0 aliphatic heterocycles. The van der Waals surface area contributed by atoms with Gasteiger partial charge in [-0.05, 0) is 59.6 Å². The first-order valence-electron chi connectivity index (χ1n) is 12.8. The summed E-state index contributed by atoms with van der Waals surface area (Å²) >= 11 is 0. The Kier molecular flexibility index (Phi) is 20.7. The zero-order valence-corrected chi connectivity index (χ0v) is 24.5. The summed E-state index contributed by atoms with van der Waals surface area (Å²) < 4.78 is 59.1. The van der Waals surface area contributed by atoms with E-state index < -0.39 is 20.2 Å². The van der Waals surface area contributed by atoms with Crippen molar-refractivity contribution in [3.05, 3.63) is 59.7 Å². The predicted octanol–water partition coefficient (Wildman–Crippen LogP) is 6.68. The second kappa shape index (κ2) is 21.8. The maximum Gasteiger partial charge on any atom is 0.294 e. The molecule has 0 aromatic heterocycles. The fourth-order valence-corrected chi connectivity index (χ4v) is 4.10. The Morgan fingerprint density at radius 2 is 0.949 bits per heavy atom. The molecule has 224 valence electrons. The van der Waals surface area contributed by atoms with Gasteiger partial charge in [-0.1, -0.05) is 100 Å². The average Bonchev–Trinajstić information content (AvgIpc) is 2.87.